The third-order valence-corrected chi connectivity index (χ3v) is 6.77. The van der Waals surface area contributed by atoms with Crippen molar-refractivity contribution >= 4 is 30.2 Å². The minimum atomic E-state index is -1.01. The van der Waals surface area contributed by atoms with E-state index in [1.165, 1.54) is 20.8 Å². The van der Waals surface area contributed by atoms with Crippen molar-refractivity contribution in [2.45, 2.75) is 90.0 Å². The molecule has 3 aliphatic rings. The summed E-state index contributed by atoms with van der Waals surface area (Å²) >= 11 is 0. The Bertz CT molecular complexity index is 1020. The van der Waals surface area contributed by atoms with Gasteiger partial charge in [-0.25, -0.2) is 4.79 Å². The lowest BCUT2D eigenvalue weighted by Gasteiger charge is -2.28. The smallest absolute Gasteiger partial charge is 0.334 e. The van der Waals surface area contributed by atoms with Crippen molar-refractivity contribution in [2.24, 2.45) is 5.92 Å². The fourth-order valence-corrected chi connectivity index (χ4v) is 4.86. The summed E-state index contributed by atoms with van der Waals surface area (Å²) in [7, 11) is 0. The van der Waals surface area contributed by atoms with E-state index in [0.29, 0.717) is 17.4 Å². The molecule has 2 aliphatic heterocycles. The zero-order valence-electron chi connectivity index (χ0n) is 21.1. The predicted molar refractivity (Wildman–Crippen MR) is 124 cm³/mol. The number of aldehydes is 1. The summed E-state index contributed by atoms with van der Waals surface area (Å²) in [5.74, 6) is -3.07. The van der Waals surface area contributed by atoms with Crippen molar-refractivity contribution in [3.63, 3.8) is 0 Å². The first kappa shape index (κ1) is 27.3. The first-order chi connectivity index (χ1) is 16.9. The van der Waals surface area contributed by atoms with E-state index >= 15 is 0 Å². The number of hydrogen-bond donors (Lipinski definition) is 0. The van der Waals surface area contributed by atoms with Crippen LogP contribution in [-0.2, 0) is 47.7 Å². The molecule has 0 radical (unpaired) electrons. The second kappa shape index (κ2) is 10.8. The normalized spacial score (nSPS) is 34.5. The molecule has 196 valence electrons. The Hall–Kier alpha value is -3.27. The molecule has 10 nitrogen and oxygen atoms in total. The van der Waals surface area contributed by atoms with Crippen LogP contribution >= 0.6 is 0 Å². The minimum absolute atomic E-state index is 0.0216. The van der Waals surface area contributed by atoms with Crippen molar-refractivity contribution < 1.29 is 47.7 Å². The summed E-state index contributed by atoms with van der Waals surface area (Å²) < 4.78 is 28.2. The van der Waals surface area contributed by atoms with Crippen LogP contribution in [0.15, 0.2) is 35.5 Å². The number of esters is 4. The van der Waals surface area contributed by atoms with E-state index in [1.807, 2.05) is 0 Å². The van der Waals surface area contributed by atoms with E-state index in [9.17, 15) is 24.0 Å². The van der Waals surface area contributed by atoms with Gasteiger partial charge in [0.05, 0.1) is 5.92 Å². The lowest BCUT2D eigenvalue weighted by Crippen LogP contribution is -2.41. The zero-order chi connectivity index (χ0) is 26.8. The third-order valence-electron chi connectivity index (χ3n) is 6.77. The van der Waals surface area contributed by atoms with E-state index in [-0.39, 0.29) is 24.8 Å². The average Bonchev–Trinajstić information content (AvgIpc) is 3.38. The molecular weight excluding hydrogens is 472 g/mol. The van der Waals surface area contributed by atoms with Crippen molar-refractivity contribution in [3.05, 3.63) is 35.5 Å². The largest absolute Gasteiger partial charge is 0.461 e. The Morgan fingerprint density at radius 2 is 1.69 bits per heavy atom. The molecule has 7 atom stereocenters. The molecule has 0 unspecified atom stereocenters. The SMILES string of the molecule is C=C1C(=O)O[C@H]2[C@H]1[C@H](OC(C)=O)CC(C=O)=CC[C@@H](OC(C)=O)C(C)=CC[C@@H](OC(C)=O)[C@]1(C)O[C@@H]21. The van der Waals surface area contributed by atoms with Crippen LogP contribution in [0.25, 0.3) is 0 Å². The van der Waals surface area contributed by atoms with Crippen LogP contribution in [0.5, 0.6) is 0 Å². The number of rotatable bonds is 4. The molecule has 0 spiro atoms. The number of carbonyl (C=O) groups is 5. The molecule has 2 heterocycles. The molecule has 0 bridgehead atoms. The molecule has 10 heteroatoms. The maximum absolute atomic E-state index is 12.5. The predicted octanol–water partition coefficient (Wildman–Crippen LogP) is 2.29. The van der Waals surface area contributed by atoms with Gasteiger partial charge in [-0.1, -0.05) is 18.7 Å². The number of hydrogen-bond acceptors (Lipinski definition) is 10. The van der Waals surface area contributed by atoms with Gasteiger partial charge in [-0.15, -0.1) is 0 Å². The van der Waals surface area contributed by atoms with Gasteiger partial charge in [-0.05, 0) is 25.0 Å². The quantitative estimate of drug-likeness (QED) is 0.140. The summed E-state index contributed by atoms with van der Waals surface area (Å²) in [5, 5.41) is 0. The molecule has 0 N–H and O–H groups in total. The fourth-order valence-electron chi connectivity index (χ4n) is 4.86. The van der Waals surface area contributed by atoms with Crippen molar-refractivity contribution in [2.75, 3.05) is 0 Å². The van der Waals surface area contributed by atoms with E-state index in [4.69, 9.17) is 23.7 Å². The molecule has 2 saturated heterocycles. The Labute approximate surface area is 209 Å². The van der Waals surface area contributed by atoms with Crippen LogP contribution in [-0.4, -0.2) is 66.3 Å². The van der Waals surface area contributed by atoms with Crippen LogP contribution in [0, 0.1) is 5.92 Å². The third kappa shape index (κ3) is 5.92. The van der Waals surface area contributed by atoms with E-state index in [1.54, 1.807) is 26.0 Å². The van der Waals surface area contributed by atoms with Crippen LogP contribution < -0.4 is 0 Å². The average molecular weight is 505 g/mol. The van der Waals surface area contributed by atoms with E-state index in [0.717, 1.165) is 0 Å². The van der Waals surface area contributed by atoms with Gasteiger partial charge in [0.2, 0.25) is 0 Å². The highest BCUT2D eigenvalue weighted by Gasteiger charge is 2.67. The van der Waals surface area contributed by atoms with Crippen LogP contribution in [0.4, 0.5) is 0 Å². The van der Waals surface area contributed by atoms with Gasteiger partial charge in [-0.2, -0.15) is 0 Å². The molecule has 1 aliphatic carbocycles. The summed E-state index contributed by atoms with van der Waals surface area (Å²) in [6.07, 6.45) is 0.525. The number of epoxide rings is 1. The monoisotopic (exact) mass is 504 g/mol. The standard InChI is InChI=1S/C26H32O10/c1-13-7-10-21(34-17(5)30)26(6)24(36-26)23-22(14(2)25(31)35-23)20(33-16(4)29)11-18(12-27)8-9-19(13)32-15(3)28/h7-8,12,19-24H,2,9-11H2,1,3-6H3/t19-,20-,21-,22-,23+,24+,26+/m1/s1. The highest BCUT2D eigenvalue weighted by Crippen LogP contribution is 2.50. The first-order valence-electron chi connectivity index (χ1n) is 11.8. The van der Waals surface area contributed by atoms with Gasteiger partial charge in [0.1, 0.15) is 42.4 Å². The molecule has 0 aromatic rings. The summed E-state index contributed by atoms with van der Waals surface area (Å²) in [5.41, 5.74) is 0.0729. The molecular formula is C26H32O10. The molecule has 36 heavy (non-hydrogen) atoms. The Balaban J connectivity index is 2.09. The van der Waals surface area contributed by atoms with E-state index in [2.05, 4.69) is 6.58 Å². The van der Waals surface area contributed by atoms with Crippen LogP contribution in [0.2, 0.25) is 0 Å². The van der Waals surface area contributed by atoms with Gasteiger partial charge in [0.15, 0.2) is 0 Å². The van der Waals surface area contributed by atoms with E-state index < -0.39 is 65.9 Å². The minimum Gasteiger partial charge on any atom is -0.461 e. The summed E-state index contributed by atoms with van der Waals surface area (Å²) in [6, 6.07) is 0. The molecule has 2 fully saturated rings. The Kier molecular flexibility index (Phi) is 8.18. The fraction of sp³-hybridized carbons (Fsp3) is 0.577. The highest BCUT2D eigenvalue weighted by atomic mass is 16.7. The van der Waals surface area contributed by atoms with Gasteiger partial charge in [0.25, 0.3) is 0 Å². The molecule has 0 saturated carbocycles. The number of fused-ring (bicyclic) bond motifs is 3. The lowest BCUT2D eigenvalue weighted by molar-refractivity contribution is -0.152. The Morgan fingerprint density at radius 1 is 1.06 bits per heavy atom. The van der Waals surface area contributed by atoms with Crippen molar-refractivity contribution in [1.82, 2.24) is 0 Å². The zero-order valence-corrected chi connectivity index (χ0v) is 21.1. The van der Waals surface area contributed by atoms with Crippen molar-refractivity contribution in [1.29, 1.82) is 0 Å². The maximum Gasteiger partial charge on any atom is 0.334 e. The number of carbonyl (C=O) groups excluding carboxylic acids is 5. The first-order valence-corrected chi connectivity index (χ1v) is 11.8. The van der Waals surface area contributed by atoms with Gasteiger partial charge in [-0.3, -0.25) is 19.2 Å². The maximum atomic E-state index is 12.5. The Morgan fingerprint density at radius 3 is 2.28 bits per heavy atom. The van der Waals surface area contributed by atoms with Gasteiger partial charge in [0, 0.05) is 45.6 Å². The molecule has 3 rings (SSSR count). The second-order valence-corrected chi connectivity index (χ2v) is 9.51. The number of ether oxygens (including phenoxy) is 5. The molecule has 0 aromatic carbocycles. The van der Waals surface area contributed by atoms with Gasteiger partial charge < -0.3 is 23.7 Å². The van der Waals surface area contributed by atoms with Gasteiger partial charge >= 0.3 is 23.9 Å². The summed E-state index contributed by atoms with van der Waals surface area (Å²) in [6.45, 7) is 11.2. The topological polar surface area (TPSA) is 135 Å². The summed E-state index contributed by atoms with van der Waals surface area (Å²) in [4.78, 5) is 60.0. The van der Waals surface area contributed by atoms with Crippen LogP contribution in [0.3, 0.4) is 0 Å². The van der Waals surface area contributed by atoms with Crippen LogP contribution in [0.1, 0.15) is 53.9 Å². The molecule has 0 aromatic heterocycles. The highest BCUT2D eigenvalue weighted by molar-refractivity contribution is 5.91. The lowest BCUT2D eigenvalue weighted by atomic mass is 9.82. The second-order valence-electron chi connectivity index (χ2n) is 9.51. The van der Waals surface area contributed by atoms with Crippen molar-refractivity contribution in [3.8, 4) is 0 Å². The molecule has 0 amide bonds.